The summed E-state index contributed by atoms with van der Waals surface area (Å²) in [6.45, 7) is 0.685. The molecule has 0 aromatic heterocycles. The van der Waals surface area contributed by atoms with Gasteiger partial charge < -0.3 is 9.80 Å². The lowest BCUT2D eigenvalue weighted by atomic mass is 9.94. The quantitative estimate of drug-likeness (QED) is 0.834. The van der Waals surface area contributed by atoms with Crippen molar-refractivity contribution in [2.45, 2.75) is 31.7 Å². The number of benzene rings is 1. The Hall–Kier alpha value is -1.84. The zero-order valence-electron chi connectivity index (χ0n) is 12.7. The topological polar surface area (TPSA) is 40.6 Å². The van der Waals surface area contributed by atoms with Gasteiger partial charge in [0, 0.05) is 33.0 Å². The Morgan fingerprint density at radius 3 is 2.81 bits per heavy atom. The number of hydrogen-bond donors (Lipinski definition) is 0. The van der Waals surface area contributed by atoms with Crippen LogP contribution in [0.25, 0.3) is 0 Å². The van der Waals surface area contributed by atoms with Gasteiger partial charge in [0.05, 0.1) is 6.04 Å². The standard InChI is InChI=1S/C17H22N2O2/c1-18-10-9-13(11-16(18)20)17(21)19(2)15-8-7-12-5-3-4-6-14(12)15/h3-6,13,15H,7-11H2,1-2H3. The van der Waals surface area contributed by atoms with Gasteiger partial charge in [-0.15, -0.1) is 0 Å². The van der Waals surface area contributed by atoms with Crippen LogP contribution < -0.4 is 0 Å². The number of fused-ring (bicyclic) bond motifs is 1. The van der Waals surface area contributed by atoms with Crippen molar-refractivity contribution in [3.8, 4) is 0 Å². The van der Waals surface area contributed by atoms with Crippen LogP contribution in [-0.2, 0) is 16.0 Å². The van der Waals surface area contributed by atoms with Gasteiger partial charge in [-0.25, -0.2) is 0 Å². The van der Waals surface area contributed by atoms with Gasteiger partial charge in [-0.2, -0.15) is 0 Å². The highest BCUT2D eigenvalue weighted by atomic mass is 16.2. The molecule has 1 aromatic carbocycles. The van der Waals surface area contributed by atoms with Gasteiger partial charge >= 0.3 is 0 Å². The smallest absolute Gasteiger partial charge is 0.226 e. The molecular weight excluding hydrogens is 264 g/mol. The van der Waals surface area contributed by atoms with Crippen LogP contribution >= 0.6 is 0 Å². The number of rotatable bonds is 2. The molecule has 4 nitrogen and oxygen atoms in total. The van der Waals surface area contributed by atoms with Crippen LogP contribution in [0, 0.1) is 5.92 Å². The van der Waals surface area contributed by atoms with Crippen molar-refractivity contribution >= 4 is 11.8 Å². The zero-order chi connectivity index (χ0) is 15.0. The third-order valence-electron chi connectivity index (χ3n) is 4.93. The van der Waals surface area contributed by atoms with E-state index in [9.17, 15) is 9.59 Å². The molecule has 3 rings (SSSR count). The van der Waals surface area contributed by atoms with Crippen molar-refractivity contribution in [2.75, 3.05) is 20.6 Å². The molecule has 0 radical (unpaired) electrons. The van der Waals surface area contributed by atoms with Crippen molar-refractivity contribution in [3.05, 3.63) is 35.4 Å². The second-order valence-electron chi connectivity index (χ2n) is 6.21. The molecule has 1 saturated heterocycles. The molecule has 0 N–H and O–H groups in total. The molecule has 2 unspecified atom stereocenters. The molecule has 1 aromatic rings. The summed E-state index contributed by atoms with van der Waals surface area (Å²) in [4.78, 5) is 28.1. The van der Waals surface area contributed by atoms with Crippen molar-refractivity contribution < 1.29 is 9.59 Å². The second kappa shape index (κ2) is 5.51. The Balaban J connectivity index is 1.73. The molecular formula is C17H22N2O2. The first kappa shape index (κ1) is 14.1. The Bertz CT molecular complexity index is 570. The minimum atomic E-state index is -0.147. The molecule has 2 aliphatic rings. The van der Waals surface area contributed by atoms with Crippen LogP contribution in [0.4, 0.5) is 0 Å². The van der Waals surface area contributed by atoms with Gasteiger partial charge in [-0.3, -0.25) is 9.59 Å². The minimum absolute atomic E-state index is 0.0832. The molecule has 2 atom stereocenters. The van der Waals surface area contributed by atoms with Crippen LogP contribution in [0.5, 0.6) is 0 Å². The van der Waals surface area contributed by atoms with E-state index in [0.717, 1.165) is 19.3 Å². The first-order chi connectivity index (χ1) is 10.1. The van der Waals surface area contributed by atoms with Crippen LogP contribution in [0.3, 0.4) is 0 Å². The largest absolute Gasteiger partial charge is 0.346 e. The summed E-state index contributed by atoms with van der Waals surface area (Å²) < 4.78 is 0. The van der Waals surface area contributed by atoms with Crippen LogP contribution in [0.2, 0.25) is 0 Å². The van der Waals surface area contributed by atoms with Gasteiger partial charge in [0.1, 0.15) is 0 Å². The van der Waals surface area contributed by atoms with Crippen molar-refractivity contribution in [2.24, 2.45) is 5.92 Å². The summed E-state index contributed by atoms with van der Waals surface area (Å²) in [6, 6.07) is 8.53. The summed E-state index contributed by atoms with van der Waals surface area (Å²) in [5, 5.41) is 0. The number of piperidine rings is 1. The summed E-state index contributed by atoms with van der Waals surface area (Å²) in [5.74, 6) is 0.0597. The third kappa shape index (κ3) is 2.55. The zero-order valence-corrected chi connectivity index (χ0v) is 12.7. The summed E-state index contributed by atoms with van der Waals surface area (Å²) in [7, 11) is 3.69. The predicted molar refractivity (Wildman–Crippen MR) is 80.6 cm³/mol. The second-order valence-corrected chi connectivity index (χ2v) is 6.21. The average Bonchev–Trinajstić information content (AvgIpc) is 2.92. The third-order valence-corrected chi connectivity index (χ3v) is 4.93. The van der Waals surface area contributed by atoms with E-state index in [4.69, 9.17) is 0 Å². The highest BCUT2D eigenvalue weighted by Crippen LogP contribution is 2.36. The molecule has 112 valence electrons. The number of aryl methyl sites for hydroxylation is 1. The molecule has 0 saturated carbocycles. The molecule has 1 heterocycles. The fourth-order valence-electron chi connectivity index (χ4n) is 3.53. The van der Waals surface area contributed by atoms with E-state index in [1.54, 1.807) is 11.9 Å². The molecule has 1 aliphatic carbocycles. The lowest BCUT2D eigenvalue weighted by Gasteiger charge is -2.33. The van der Waals surface area contributed by atoms with Crippen molar-refractivity contribution in [1.82, 2.24) is 9.80 Å². The van der Waals surface area contributed by atoms with E-state index >= 15 is 0 Å². The molecule has 1 fully saturated rings. The SMILES string of the molecule is CN1CCC(C(=O)N(C)C2CCc3ccccc32)CC1=O. The fourth-order valence-corrected chi connectivity index (χ4v) is 3.53. The van der Waals surface area contributed by atoms with E-state index in [0.29, 0.717) is 13.0 Å². The average molecular weight is 286 g/mol. The van der Waals surface area contributed by atoms with Gasteiger partial charge in [0.25, 0.3) is 0 Å². The molecule has 1 aliphatic heterocycles. The van der Waals surface area contributed by atoms with Crippen molar-refractivity contribution in [1.29, 1.82) is 0 Å². The highest BCUT2D eigenvalue weighted by molar-refractivity contribution is 5.87. The maximum Gasteiger partial charge on any atom is 0.226 e. The van der Waals surface area contributed by atoms with Gasteiger partial charge in [0.15, 0.2) is 0 Å². The van der Waals surface area contributed by atoms with E-state index in [1.165, 1.54) is 11.1 Å². The Labute approximate surface area is 125 Å². The molecule has 0 spiro atoms. The van der Waals surface area contributed by atoms with E-state index in [2.05, 4.69) is 18.2 Å². The Morgan fingerprint density at radius 2 is 2.05 bits per heavy atom. The summed E-state index contributed by atoms with van der Waals surface area (Å²) >= 11 is 0. The van der Waals surface area contributed by atoms with Gasteiger partial charge in [0.2, 0.25) is 11.8 Å². The molecule has 21 heavy (non-hydrogen) atoms. The van der Waals surface area contributed by atoms with Gasteiger partial charge in [-0.05, 0) is 30.4 Å². The monoisotopic (exact) mass is 286 g/mol. The van der Waals surface area contributed by atoms with E-state index in [-0.39, 0.29) is 23.8 Å². The Morgan fingerprint density at radius 1 is 1.29 bits per heavy atom. The number of nitrogens with zero attached hydrogens (tertiary/aromatic N) is 2. The summed E-state index contributed by atoms with van der Waals surface area (Å²) in [5.41, 5.74) is 2.62. The number of hydrogen-bond acceptors (Lipinski definition) is 2. The molecule has 2 amide bonds. The number of carbonyl (C=O) groups excluding carboxylic acids is 2. The minimum Gasteiger partial charge on any atom is -0.346 e. The lowest BCUT2D eigenvalue weighted by Crippen LogP contribution is -2.43. The number of amides is 2. The maximum absolute atomic E-state index is 12.7. The van der Waals surface area contributed by atoms with Crippen LogP contribution in [-0.4, -0.2) is 42.3 Å². The number of carbonyl (C=O) groups is 2. The molecule has 0 bridgehead atoms. The Kier molecular flexibility index (Phi) is 3.70. The van der Waals surface area contributed by atoms with Gasteiger partial charge in [-0.1, -0.05) is 24.3 Å². The predicted octanol–water partition coefficient (Wildman–Crippen LogP) is 2.00. The normalized spacial score (nSPS) is 24.9. The lowest BCUT2D eigenvalue weighted by molar-refractivity contribution is -0.145. The first-order valence-corrected chi connectivity index (χ1v) is 7.66. The van der Waals surface area contributed by atoms with Crippen LogP contribution in [0.1, 0.15) is 36.4 Å². The van der Waals surface area contributed by atoms with Crippen molar-refractivity contribution in [3.63, 3.8) is 0 Å². The highest BCUT2D eigenvalue weighted by Gasteiger charge is 2.35. The van der Waals surface area contributed by atoms with Crippen LogP contribution in [0.15, 0.2) is 24.3 Å². The van der Waals surface area contributed by atoms with E-state index in [1.807, 2.05) is 18.0 Å². The fraction of sp³-hybridized carbons (Fsp3) is 0.529. The number of likely N-dealkylation sites (tertiary alicyclic amines) is 1. The maximum atomic E-state index is 12.7. The molecule has 4 heteroatoms. The first-order valence-electron chi connectivity index (χ1n) is 7.66. The summed E-state index contributed by atoms with van der Waals surface area (Å²) in [6.07, 6.45) is 3.15. The van der Waals surface area contributed by atoms with E-state index < -0.39 is 0 Å².